The van der Waals surface area contributed by atoms with E-state index in [1.165, 1.54) is 18.4 Å². The van der Waals surface area contributed by atoms with Crippen molar-refractivity contribution in [2.75, 3.05) is 26.2 Å². The van der Waals surface area contributed by atoms with Gasteiger partial charge in [0.1, 0.15) is 5.76 Å². The highest BCUT2D eigenvalue weighted by Gasteiger charge is 2.20. The van der Waals surface area contributed by atoms with Gasteiger partial charge in [-0.1, -0.05) is 20.8 Å². The van der Waals surface area contributed by atoms with Crippen molar-refractivity contribution >= 4 is 0 Å². The molecule has 1 unspecified atom stereocenters. The number of hydrogen-bond acceptors (Lipinski definition) is 4. The first-order valence-electron chi connectivity index (χ1n) is 8.29. The van der Waals surface area contributed by atoms with Gasteiger partial charge in [0.25, 0.3) is 0 Å². The molecule has 0 bridgehead atoms. The number of nitrogens with one attached hydrogen (secondary N) is 1. The van der Waals surface area contributed by atoms with Gasteiger partial charge in [0.05, 0.1) is 18.9 Å². The van der Waals surface area contributed by atoms with E-state index in [1.807, 2.05) is 6.26 Å². The molecule has 120 valence electrons. The highest BCUT2D eigenvalue weighted by Crippen LogP contribution is 2.17. The van der Waals surface area contributed by atoms with Crippen molar-refractivity contribution in [3.63, 3.8) is 0 Å². The normalized spacial score (nSPS) is 19.0. The van der Waals surface area contributed by atoms with E-state index >= 15 is 0 Å². The van der Waals surface area contributed by atoms with Crippen LogP contribution in [0.15, 0.2) is 16.7 Å². The zero-order valence-electron chi connectivity index (χ0n) is 13.7. The predicted octanol–water partition coefficient (Wildman–Crippen LogP) is 3.03. The second-order valence-electron chi connectivity index (χ2n) is 6.36. The highest BCUT2D eigenvalue weighted by atomic mass is 16.5. The lowest BCUT2D eigenvalue weighted by molar-refractivity contribution is 0.0701. The summed E-state index contributed by atoms with van der Waals surface area (Å²) in [5.41, 5.74) is 1.28. The molecule has 0 spiro atoms. The van der Waals surface area contributed by atoms with Gasteiger partial charge < -0.3 is 14.5 Å². The third kappa shape index (κ3) is 5.46. The van der Waals surface area contributed by atoms with Crippen LogP contribution in [0.3, 0.4) is 0 Å². The smallest absolute Gasteiger partial charge is 0.122 e. The van der Waals surface area contributed by atoms with Crippen molar-refractivity contribution in [3.8, 4) is 0 Å². The summed E-state index contributed by atoms with van der Waals surface area (Å²) in [6.07, 6.45) is 4.61. The molecule has 2 rings (SSSR count). The van der Waals surface area contributed by atoms with Gasteiger partial charge in [0, 0.05) is 25.3 Å². The number of rotatable bonds is 9. The maximum Gasteiger partial charge on any atom is 0.122 e. The minimum absolute atomic E-state index is 0.405. The van der Waals surface area contributed by atoms with Crippen LogP contribution in [0.2, 0.25) is 0 Å². The minimum Gasteiger partial charge on any atom is -0.468 e. The zero-order valence-corrected chi connectivity index (χ0v) is 13.7. The van der Waals surface area contributed by atoms with Crippen molar-refractivity contribution in [2.45, 2.75) is 52.8 Å². The van der Waals surface area contributed by atoms with E-state index in [4.69, 9.17) is 9.15 Å². The summed E-state index contributed by atoms with van der Waals surface area (Å²) >= 11 is 0. The molecule has 21 heavy (non-hydrogen) atoms. The fourth-order valence-corrected chi connectivity index (χ4v) is 2.74. The molecule has 1 fully saturated rings. The van der Waals surface area contributed by atoms with Crippen LogP contribution in [0, 0.1) is 5.92 Å². The van der Waals surface area contributed by atoms with Gasteiger partial charge in [-0.2, -0.15) is 0 Å². The van der Waals surface area contributed by atoms with Gasteiger partial charge in [-0.05, 0) is 37.9 Å². The third-order valence-electron chi connectivity index (χ3n) is 4.01. The molecule has 1 aliphatic heterocycles. The molecule has 4 nitrogen and oxygen atoms in total. The van der Waals surface area contributed by atoms with Crippen LogP contribution >= 0.6 is 0 Å². The molecule has 1 N–H and O–H groups in total. The Morgan fingerprint density at radius 2 is 2.29 bits per heavy atom. The number of nitrogens with zero attached hydrogens (tertiary/aromatic N) is 1. The van der Waals surface area contributed by atoms with E-state index in [1.54, 1.807) is 0 Å². The van der Waals surface area contributed by atoms with Crippen molar-refractivity contribution in [2.24, 2.45) is 5.92 Å². The molecule has 1 atom stereocenters. The number of hydrogen-bond donors (Lipinski definition) is 1. The Kier molecular flexibility index (Phi) is 6.74. The van der Waals surface area contributed by atoms with Crippen LogP contribution < -0.4 is 5.32 Å². The lowest BCUT2D eigenvalue weighted by atomic mass is 10.2. The van der Waals surface area contributed by atoms with E-state index in [0.29, 0.717) is 12.0 Å². The van der Waals surface area contributed by atoms with Gasteiger partial charge in [-0.3, -0.25) is 4.90 Å². The maximum absolute atomic E-state index is 5.74. The predicted molar refractivity (Wildman–Crippen MR) is 85.2 cm³/mol. The first-order valence-corrected chi connectivity index (χ1v) is 8.29. The number of ether oxygens (including phenoxy) is 1. The summed E-state index contributed by atoms with van der Waals surface area (Å²) in [7, 11) is 0. The maximum atomic E-state index is 5.74. The van der Waals surface area contributed by atoms with Crippen molar-refractivity contribution in [3.05, 3.63) is 23.7 Å². The fourth-order valence-electron chi connectivity index (χ4n) is 2.74. The fraction of sp³-hybridized carbons (Fsp3) is 0.765. The van der Waals surface area contributed by atoms with Crippen LogP contribution in [-0.4, -0.2) is 37.2 Å². The second kappa shape index (κ2) is 8.57. The van der Waals surface area contributed by atoms with Gasteiger partial charge in [0.15, 0.2) is 0 Å². The van der Waals surface area contributed by atoms with Crippen LogP contribution in [0.4, 0.5) is 0 Å². The largest absolute Gasteiger partial charge is 0.468 e. The first-order chi connectivity index (χ1) is 10.2. The van der Waals surface area contributed by atoms with Crippen molar-refractivity contribution < 1.29 is 9.15 Å². The molecule has 0 aromatic carbocycles. The van der Waals surface area contributed by atoms with E-state index in [0.717, 1.165) is 45.1 Å². The van der Waals surface area contributed by atoms with E-state index in [-0.39, 0.29) is 0 Å². The van der Waals surface area contributed by atoms with E-state index in [9.17, 15) is 0 Å². The average molecular weight is 294 g/mol. The average Bonchev–Trinajstić information content (AvgIpc) is 3.10. The zero-order chi connectivity index (χ0) is 15.1. The molecule has 2 heterocycles. The Morgan fingerprint density at radius 3 is 2.95 bits per heavy atom. The Hall–Kier alpha value is -0.840. The molecule has 0 saturated carbocycles. The lowest BCUT2D eigenvalue weighted by Crippen LogP contribution is -2.32. The quantitative estimate of drug-likeness (QED) is 0.759. The third-order valence-corrected chi connectivity index (χ3v) is 4.01. The SMILES string of the molecule is CCN(Cc1occc1CNCC(C)C)CC1CCCO1. The van der Waals surface area contributed by atoms with Gasteiger partial charge in [0.2, 0.25) is 0 Å². The van der Waals surface area contributed by atoms with Crippen LogP contribution in [0.5, 0.6) is 0 Å². The van der Waals surface area contributed by atoms with E-state index < -0.39 is 0 Å². The molecule has 0 radical (unpaired) electrons. The van der Waals surface area contributed by atoms with Gasteiger partial charge >= 0.3 is 0 Å². The standard InChI is InChI=1S/C17H30N2O2/c1-4-19(12-16-6-5-8-20-16)13-17-15(7-9-21-17)11-18-10-14(2)3/h7,9,14,16,18H,4-6,8,10-13H2,1-3H3. The Labute approximate surface area is 128 Å². The monoisotopic (exact) mass is 294 g/mol. The Balaban J connectivity index is 1.83. The first kappa shape index (κ1) is 16.5. The second-order valence-corrected chi connectivity index (χ2v) is 6.36. The minimum atomic E-state index is 0.405. The Morgan fingerprint density at radius 1 is 1.43 bits per heavy atom. The van der Waals surface area contributed by atoms with Gasteiger partial charge in [-0.15, -0.1) is 0 Å². The van der Waals surface area contributed by atoms with E-state index in [2.05, 4.69) is 37.1 Å². The molecule has 1 saturated heterocycles. The van der Waals surface area contributed by atoms with Crippen molar-refractivity contribution in [1.82, 2.24) is 10.2 Å². The summed E-state index contributed by atoms with van der Waals surface area (Å²) in [5.74, 6) is 1.76. The van der Waals surface area contributed by atoms with Gasteiger partial charge in [-0.25, -0.2) is 0 Å². The highest BCUT2D eigenvalue weighted by molar-refractivity contribution is 5.16. The van der Waals surface area contributed by atoms with Crippen molar-refractivity contribution in [1.29, 1.82) is 0 Å². The number of likely N-dealkylation sites (N-methyl/N-ethyl adjacent to an activating group) is 1. The molecule has 4 heteroatoms. The number of furan rings is 1. The molecule has 0 aliphatic carbocycles. The summed E-state index contributed by atoms with van der Waals surface area (Å²) < 4.78 is 11.4. The molecule has 1 aliphatic rings. The van der Waals surface area contributed by atoms with Crippen LogP contribution in [0.1, 0.15) is 44.9 Å². The molecular formula is C17H30N2O2. The van der Waals surface area contributed by atoms with Crippen LogP contribution in [0.25, 0.3) is 0 Å². The molecule has 1 aromatic heterocycles. The summed E-state index contributed by atoms with van der Waals surface area (Å²) in [5, 5.41) is 3.49. The summed E-state index contributed by atoms with van der Waals surface area (Å²) in [6, 6.07) is 2.09. The molecular weight excluding hydrogens is 264 g/mol. The summed E-state index contributed by atoms with van der Waals surface area (Å²) in [4.78, 5) is 2.42. The molecule has 0 amide bonds. The molecule has 1 aromatic rings. The summed E-state index contributed by atoms with van der Waals surface area (Å²) in [6.45, 7) is 12.4. The Bertz CT molecular complexity index is 397. The van der Waals surface area contributed by atoms with Crippen LogP contribution in [-0.2, 0) is 17.8 Å². The topological polar surface area (TPSA) is 37.6 Å². The lowest BCUT2D eigenvalue weighted by Gasteiger charge is -2.23.